The van der Waals surface area contributed by atoms with E-state index in [1.54, 1.807) is 0 Å². The van der Waals surface area contributed by atoms with Crippen molar-refractivity contribution in [1.82, 2.24) is 5.32 Å². The van der Waals surface area contributed by atoms with Crippen LogP contribution in [0.4, 0.5) is 0 Å². The second-order valence-electron chi connectivity index (χ2n) is 5.60. The molecule has 2 atom stereocenters. The Bertz CT molecular complexity index is 569. The number of hydrogen-bond donors (Lipinski definition) is 1. The Kier molecular flexibility index (Phi) is 4.08. The Labute approximate surface area is 120 Å². The highest BCUT2D eigenvalue weighted by Crippen LogP contribution is 2.30. The number of benzene rings is 1. The monoisotopic (exact) mass is 273 g/mol. The lowest BCUT2D eigenvalue weighted by molar-refractivity contribution is 0.0661. The number of nitrogens with one attached hydrogen (secondary N) is 1. The number of ether oxygens (including phenoxy) is 1. The number of furan rings is 1. The Hall–Kier alpha value is -1.32. The predicted octanol–water partition coefficient (Wildman–Crippen LogP) is 3.82. The van der Waals surface area contributed by atoms with E-state index in [1.807, 2.05) is 6.07 Å². The van der Waals surface area contributed by atoms with Gasteiger partial charge in [-0.3, -0.25) is 0 Å². The molecule has 3 rings (SSSR count). The predicted molar refractivity (Wildman–Crippen MR) is 81.0 cm³/mol. The highest BCUT2D eigenvalue weighted by atomic mass is 16.5. The van der Waals surface area contributed by atoms with Crippen LogP contribution in [-0.2, 0) is 11.2 Å². The minimum atomic E-state index is 0.226. The molecule has 2 heterocycles. The summed E-state index contributed by atoms with van der Waals surface area (Å²) in [5.74, 6) is 1.08. The molecule has 2 unspecified atom stereocenters. The van der Waals surface area contributed by atoms with Crippen molar-refractivity contribution in [3.05, 3.63) is 35.6 Å². The lowest BCUT2D eigenvalue weighted by Gasteiger charge is -2.26. The van der Waals surface area contributed by atoms with Crippen molar-refractivity contribution < 1.29 is 9.15 Å². The summed E-state index contributed by atoms with van der Waals surface area (Å²) in [6, 6.07) is 8.97. The average molecular weight is 273 g/mol. The van der Waals surface area contributed by atoms with Crippen molar-refractivity contribution in [3.8, 4) is 0 Å². The maximum atomic E-state index is 6.09. The van der Waals surface area contributed by atoms with Gasteiger partial charge in [0.05, 0.1) is 12.6 Å². The van der Waals surface area contributed by atoms with Crippen LogP contribution in [0.2, 0.25) is 0 Å². The van der Waals surface area contributed by atoms with Gasteiger partial charge in [0.15, 0.2) is 0 Å². The van der Waals surface area contributed by atoms with Gasteiger partial charge in [-0.1, -0.05) is 25.1 Å². The molecule has 0 bridgehead atoms. The second-order valence-corrected chi connectivity index (χ2v) is 5.60. The molecule has 108 valence electrons. The molecule has 0 spiro atoms. The lowest BCUT2D eigenvalue weighted by atomic mass is 10.0. The van der Waals surface area contributed by atoms with Gasteiger partial charge in [0.2, 0.25) is 0 Å². The molecule has 1 N–H and O–H groups in total. The number of fused-ring (bicyclic) bond motifs is 1. The first-order chi connectivity index (χ1) is 9.79. The van der Waals surface area contributed by atoms with Gasteiger partial charge in [0.25, 0.3) is 0 Å². The van der Waals surface area contributed by atoms with Crippen molar-refractivity contribution in [3.63, 3.8) is 0 Å². The van der Waals surface area contributed by atoms with Gasteiger partial charge in [-0.25, -0.2) is 0 Å². The molecule has 20 heavy (non-hydrogen) atoms. The number of rotatable bonds is 4. The molecule has 1 aromatic heterocycles. The van der Waals surface area contributed by atoms with Crippen molar-refractivity contribution >= 4 is 11.0 Å². The highest BCUT2D eigenvalue weighted by molar-refractivity contribution is 5.82. The Morgan fingerprint density at radius 1 is 1.35 bits per heavy atom. The molecule has 1 aliphatic heterocycles. The van der Waals surface area contributed by atoms with E-state index in [4.69, 9.17) is 9.15 Å². The van der Waals surface area contributed by atoms with Crippen LogP contribution >= 0.6 is 0 Å². The highest BCUT2D eigenvalue weighted by Gasteiger charge is 2.22. The zero-order valence-corrected chi connectivity index (χ0v) is 12.3. The van der Waals surface area contributed by atoms with Gasteiger partial charge in [-0.15, -0.1) is 0 Å². The smallest absolute Gasteiger partial charge is 0.134 e. The van der Waals surface area contributed by atoms with Crippen LogP contribution in [0.15, 0.2) is 28.7 Å². The van der Waals surface area contributed by atoms with Crippen LogP contribution < -0.4 is 5.32 Å². The van der Waals surface area contributed by atoms with E-state index in [0.717, 1.165) is 37.4 Å². The quantitative estimate of drug-likeness (QED) is 0.919. The molecule has 0 radical (unpaired) electrons. The summed E-state index contributed by atoms with van der Waals surface area (Å²) in [5.41, 5.74) is 2.32. The topological polar surface area (TPSA) is 34.4 Å². The maximum Gasteiger partial charge on any atom is 0.134 e. The van der Waals surface area contributed by atoms with E-state index in [2.05, 4.69) is 37.4 Å². The zero-order valence-electron chi connectivity index (χ0n) is 12.3. The summed E-state index contributed by atoms with van der Waals surface area (Å²) in [7, 11) is 0. The van der Waals surface area contributed by atoms with Crippen molar-refractivity contribution in [2.45, 2.75) is 45.2 Å². The maximum absolute atomic E-state index is 6.09. The number of hydrogen-bond acceptors (Lipinski definition) is 3. The molecule has 1 aromatic carbocycles. The van der Waals surface area contributed by atoms with Crippen molar-refractivity contribution in [2.24, 2.45) is 0 Å². The Morgan fingerprint density at radius 3 is 2.95 bits per heavy atom. The van der Waals surface area contributed by atoms with Gasteiger partial charge in [0.1, 0.15) is 11.3 Å². The standard InChI is InChI=1S/C17H23NO2/c1-3-14-15-8-4-5-9-16(15)20-17(14)12(2)18-13-7-6-10-19-11-13/h4-5,8-9,12-13,18H,3,6-7,10-11H2,1-2H3. The first-order valence-electron chi connectivity index (χ1n) is 7.63. The molecule has 1 aliphatic rings. The van der Waals surface area contributed by atoms with E-state index >= 15 is 0 Å². The SMILES string of the molecule is CCc1c(C(C)NC2CCCOC2)oc2ccccc12. The first kappa shape index (κ1) is 13.7. The Morgan fingerprint density at radius 2 is 2.20 bits per heavy atom. The summed E-state index contributed by atoms with van der Waals surface area (Å²) in [4.78, 5) is 0. The van der Waals surface area contributed by atoms with Crippen LogP contribution in [0.3, 0.4) is 0 Å². The van der Waals surface area contributed by atoms with Gasteiger partial charge in [-0.05, 0) is 32.3 Å². The largest absolute Gasteiger partial charge is 0.459 e. The minimum Gasteiger partial charge on any atom is -0.459 e. The van der Waals surface area contributed by atoms with Gasteiger partial charge < -0.3 is 14.5 Å². The third kappa shape index (κ3) is 2.60. The van der Waals surface area contributed by atoms with Crippen LogP contribution in [0.5, 0.6) is 0 Å². The van der Waals surface area contributed by atoms with E-state index in [9.17, 15) is 0 Å². The average Bonchev–Trinajstić information content (AvgIpc) is 2.87. The summed E-state index contributed by atoms with van der Waals surface area (Å²) in [6.45, 7) is 6.09. The third-order valence-corrected chi connectivity index (χ3v) is 4.12. The zero-order chi connectivity index (χ0) is 13.9. The fourth-order valence-electron chi connectivity index (χ4n) is 3.13. The molecular weight excluding hydrogens is 250 g/mol. The normalized spacial score (nSPS) is 21.2. The molecule has 2 aromatic rings. The van der Waals surface area contributed by atoms with Gasteiger partial charge in [0, 0.05) is 23.6 Å². The second kappa shape index (κ2) is 5.98. The number of aryl methyl sites for hydroxylation is 1. The molecular formula is C17H23NO2. The summed E-state index contributed by atoms with van der Waals surface area (Å²) in [5, 5.41) is 4.90. The van der Waals surface area contributed by atoms with Crippen LogP contribution in [-0.4, -0.2) is 19.3 Å². The third-order valence-electron chi connectivity index (χ3n) is 4.12. The summed E-state index contributed by atoms with van der Waals surface area (Å²) < 4.78 is 11.6. The van der Waals surface area contributed by atoms with Crippen molar-refractivity contribution in [2.75, 3.05) is 13.2 Å². The van der Waals surface area contributed by atoms with Crippen LogP contribution in [0.25, 0.3) is 11.0 Å². The fraction of sp³-hybridized carbons (Fsp3) is 0.529. The molecule has 0 saturated carbocycles. The molecule has 3 nitrogen and oxygen atoms in total. The Balaban J connectivity index is 1.84. The van der Waals surface area contributed by atoms with Crippen molar-refractivity contribution in [1.29, 1.82) is 0 Å². The minimum absolute atomic E-state index is 0.226. The molecule has 1 saturated heterocycles. The molecule has 0 aliphatic carbocycles. The molecule has 1 fully saturated rings. The summed E-state index contributed by atoms with van der Waals surface area (Å²) >= 11 is 0. The van der Waals surface area contributed by atoms with E-state index in [-0.39, 0.29) is 6.04 Å². The fourth-order valence-corrected chi connectivity index (χ4v) is 3.13. The van der Waals surface area contributed by atoms with E-state index in [0.29, 0.717) is 6.04 Å². The van der Waals surface area contributed by atoms with Crippen LogP contribution in [0.1, 0.15) is 44.1 Å². The number of para-hydroxylation sites is 1. The lowest BCUT2D eigenvalue weighted by Crippen LogP contribution is -2.38. The van der Waals surface area contributed by atoms with Gasteiger partial charge >= 0.3 is 0 Å². The van der Waals surface area contributed by atoms with E-state index in [1.165, 1.54) is 17.4 Å². The first-order valence-corrected chi connectivity index (χ1v) is 7.63. The summed E-state index contributed by atoms with van der Waals surface area (Å²) in [6.07, 6.45) is 3.33. The van der Waals surface area contributed by atoms with Gasteiger partial charge in [-0.2, -0.15) is 0 Å². The molecule has 3 heteroatoms. The van der Waals surface area contributed by atoms with Crippen LogP contribution in [0, 0.1) is 0 Å². The van der Waals surface area contributed by atoms with E-state index < -0.39 is 0 Å². The molecule has 0 amide bonds.